The minimum Gasteiger partial charge on any atom is -0.385 e. The quantitative estimate of drug-likeness (QED) is 0.686. The number of aromatic amines is 1. The monoisotopic (exact) mass is 198 g/mol. The number of rotatable bonds is 2. The van der Waals surface area contributed by atoms with Crippen molar-refractivity contribution in [2.75, 3.05) is 6.61 Å². The van der Waals surface area contributed by atoms with E-state index in [0.717, 1.165) is 0 Å². The first-order valence-electron chi connectivity index (χ1n) is 4.70. The molecular weight excluding hydrogens is 184 g/mol. The van der Waals surface area contributed by atoms with Crippen molar-refractivity contribution in [3.8, 4) is 0 Å². The van der Waals surface area contributed by atoms with Gasteiger partial charge in [0.15, 0.2) is 0 Å². The highest BCUT2D eigenvalue weighted by Gasteiger charge is 2.40. The Morgan fingerprint density at radius 3 is 3.14 bits per heavy atom. The molecule has 2 rings (SSSR count). The van der Waals surface area contributed by atoms with Gasteiger partial charge in [0.25, 0.3) is 0 Å². The van der Waals surface area contributed by atoms with Gasteiger partial charge in [-0.25, -0.2) is 4.79 Å². The van der Waals surface area contributed by atoms with Crippen LogP contribution in [0.15, 0.2) is 17.2 Å². The van der Waals surface area contributed by atoms with Crippen molar-refractivity contribution in [2.24, 2.45) is 0 Å². The zero-order chi connectivity index (χ0) is 10.2. The van der Waals surface area contributed by atoms with Crippen LogP contribution in [0.25, 0.3) is 0 Å². The standard InChI is InChI=1S/C9H14N2O3/c1-7-9(13,2-5-14-7)6-11-4-3-10-8(11)12/h3-4,7,13H,2,5-6H2,1H3,(H,10,12). The van der Waals surface area contributed by atoms with Crippen LogP contribution in [-0.4, -0.2) is 33.0 Å². The second-order valence-corrected chi connectivity index (χ2v) is 3.76. The molecule has 1 aliphatic rings. The maximum absolute atomic E-state index is 11.2. The lowest BCUT2D eigenvalue weighted by atomic mass is 9.97. The minimum absolute atomic E-state index is 0.197. The fourth-order valence-electron chi connectivity index (χ4n) is 1.75. The molecule has 78 valence electrons. The van der Waals surface area contributed by atoms with Crippen LogP contribution in [0.2, 0.25) is 0 Å². The van der Waals surface area contributed by atoms with E-state index < -0.39 is 5.60 Å². The van der Waals surface area contributed by atoms with Crippen LogP contribution in [-0.2, 0) is 11.3 Å². The third-order valence-electron chi connectivity index (χ3n) is 2.83. The van der Waals surface area contributed by atoms with Crippen LogP contribution in [0.4, 0.5) is 0 Å². The first kappa shape index (κ1) is 9.48. The number of nitrogens with one attached hydrogen (secondary N) is 1. The summed E-state index contributed by atoms with van der Waals surface area (Å²) in [4.78, 5) is 13.7. The van der Waals surface area contributed by atoms with Gasteiger partial charge in [0.05, 0.1) is 12.6 Å². The Kier molecular flexibility index (Phi) is 2.20. The Labute approximate surface area is 81.3 Å². The molecule has 2 heterocycles. The lowest BCUT2D eigenvalue weighted by molar-refractivity contribution is -0.0393. The second kappa shape index (κ2) is 3.25. The van der Waals surface area contributed by atoms with Gasteiger partial charge in [-0.15, -0.1) is 0 Å². The summed E-state index contributed by atoms with van der Waals surface area (Å²) >= 11 is 0. The summed E-state index contributed by atoms with van der Waals surface area (Å²) in [5.41, 5.74) is -1.11. The van der Waals surface area contributed by atoms with Gasteiger partial charge in [-0.3, -0.25) is 4.57 Å². The molecule has 2 N–H and O–H groups in total. The van der Waals surface area contributed by atoms with Crippen LogP contribution in [0, 0.1) is 0 Å². The largest absolute Gasteiger partial charge is 0.385 e. The molecule has 2 atom stereocenters. The maximum Gasteiger partial charge on any atom is 0.325 e. The summed E-state index contributed by atoms with van der Waals surface area (Å²) in [7, 11) is 0. The van der Waals surface area contributed by atoms with Crippen molar-refractivity contribution in [2.45, 2.75) is 31.6 Å². The fraction of sp³-hybridized carbons (Fsp3) is 0.667. The number of nitrogens with zero attached hydrogens (tertiary/aromatic N) is 1. The molecule has 2 unspecified atom stereocenters. The third-order valence-corrected chi connectivity index (χ3v) is 2.83. The molecule has 14 heavy (non-hydrogen) atoms. The normalized spacial score (nSPS) is 32.3. The molecule has 1 aliphatic heterocycles. The average Bonchev–Trinajstić information content (AvgIpc) is 2.64. The highest BCUT2D eigenvalue weighted by Crippen LogP contribution is 2.26. The average molecular weight is 198 g/mol. The van der Waals surface area contributed by atoms with Crippen molar-refractivity contribution in [3.05, 3.63) is 22.9 Å². The third kappa shape index (κ3) is 1.49. The number of aromatic nitrogens is 2. The SMILES string of the molecule is CC1OCCC1(O)Cn1cc[nH]c1=O. The number of H-pyrrole nitrogens is 1. The topological polar surface area (TPSA) is 67.2 Å². The van der Waals surface area contributed by atoms with Crippen LogP contribution in [0.1, 0.15) is 13.3 Å². The lowest BCUT2D eigenvalue weighted by Crippen LogP contribution is -2.42. The lowest BCUT2D eigenvalue weighted by Gasteiger charge is -2.25. The summed E-state index contributed by atoms with van der Waals surface area (Å²) < 4.78 is 6.74. The molecule has 0 radical (unpaired) electrons. The predicted octanol–water partition coefficient (Wildman–Crippen LogP) is -0.284. The van der Waals surface area contributed by atoms with Crippen molar-refractivity contribution in [1.82, 2.24) is 9.55 Å². The van der Waals surface area contributed by atoms with Gasteiger partial charge in [0.1, 0.15) is 5.60 Å². The summed E-state index contributed by atoms with van der Waals surface area (Å²) in [6.07, 6.45) is 3.55. The van der Waals surface area contributed by atoms with Gasteiger partial charge in [0, 0.05) is 25.4 Å². The number of hydrogen-bond acceptors (Lipinski definition) is 3. The summed E-state index contributed by atoms with van der Waals surface area (Å²) in [5, 5.41) is 10.2. The molecule has 5 nitrogen and oxygen atoms in total. The van der Waals surface area contributed by atoms with Gasteiger partial charge in [-0.05, 0) is 6.92 Å². The fourth-order valence-corrected chi connectivity index (χ4v) is 1.75. The summed E-state index contributed by atoms with van der Waals surface area (Å²) in [6, 6.07) is 0. The van der Waals surface area contributed by atoms with E-state index in [4.69, 9.17) is 4.74 Å². The number of ether oxygens (including phenoxy) is 1. The van der Waals surface area contributed by atoms with Gasteiger partial charge in [0.2, 0.25) is 0 Å². The number of hydrogen-bond donors (Lipinski definition) is 2. The summed E-state index contributed by atoms with van der Waals surface area (Å²) in [6.45, 7) is 2.66. The molecule has 0 aromatic carbocycles. The molecule has 1 saturated heterocycles. The smallest absolute Gasteiger partial charge is 0.325 e. The van der Waals surface area contributed by atoms with Gasteiger partial charge < -0.3 is 14.8 Å². The summed E-state index contributed by atoms with van der Waals surface area (Å²) in [5.74, 6) is 0. The van der Waals surface area contributed by atoms with Crippen LogP contribution in [0.5, 0.6) is 0 Å². The Morgan fingerprint density at radius 1 is 1.86 bits per heavy atom. The van der Waals surface area contributed by atoms with E-state index in [-0.39, 0.29) is 18.3 Å². The van der Waals surface area contributed by atoms with Gasteiger partial charge >= 0.3 is 5.69 Å². The predicted molar refractivity (Wildman–Crippen MR) is 50.0 cm³/mol. The van der Waals surface area contributed by atoms with Crippen molar-refractivity contribution in [1.29, 1.82) is 0 Å². The van der Waals surface area contributed by atoms with E-state index in [0.29, 0.717) is 13.0 Å². The Bertz CT molecular complexity index is 370. The second-order valence-electron chi connectivity index (χ2n) is 3.76. The molecule has 0 bridgehead atoms. The van der Waals surface area contributed by atoms with E-state index >= 15 is 0 Å². The highest BCUT2D eigenvalue weighted by molar-refractivity contribution is 4.91. The van der Waals surface area contributed by atoms with E-state index in [2.05, 4.69) is 4.98 Å². The Balaban J connectivity index is 2.18. The first-order chi connectivity index (χ1) is 6.62. The molecule has 0 saturated carbocycles. The molecular formula is C9H14N2O3. The van der Waals surface area contributed by atoms with Crippen molar-refractivity contribution in [3.63, 3.8) is 0 Å². The molecule has 1 aromatic rings. The van der Waals surface area contributed by atoms with E-state index in [1.165, 1.54) is 4.57 Å². The van der Waals surface area contributed by atoms with Crippen molar-refractivity contribution < 1.29 is 9.84 Å². The molecule has 0 spiro atoms. The molecule has 0 aliphatic carbocycles. The number of aliphatic hydroxyl groups is 1. The zero-order valence-electron chi connectivity index (χ0n) is 8.06. The first-order valence-corrected chi connectivity index (χ1v) is 4.70. The van der Waals surface area contributed by atoms with E-state index in [9.17, 15) is 9.90 Å². The van der Waals surface area contributed by atoms with Gasteiger partial charge in [-0.2, -0.15) is 0 Å². The minimum atomic E-state index is -0.911. The van der Waals surface area contributed by atoms with E-state index in [1.807, 2.05) is 6.92 Å². The Hall–Kier alpha value is -1.07. The molecule has 1 aromatic heterocycles. The number of imidazole rings is 1. The maximum atomic E-state index is 11.2. The van der Waals surface area contributed by atoms with Gasteiger partial charge in [-0.1, -0.05) is 0 Å². The molecule has 1 fully saturated rings. The Morgan fingerprint density at radius 2 is 2.64 bits per heavy atom. The van der Waals surface area contributed by atoms with E-state index in [1.54, 1.807) is 12.4 Å². The molecule has 5 heteroatoms. The highest BCUT2D eigenvalue weighted by atomic mass is 16.5. The molecule has 0 amide bonds. The zero-order valence-corrected chi connectivity index (χ0v) is 8.06. The van der Waals surface area contributed by atoms with Crippen LogP contribution >= 0.6 is 0 Å². The van der Waals surface area contributed by atoms with Crippen molar-refractivity contribution >= 4 is 0 Å². The van der Waals surface area contributed by atoms with Crippen LogP contribution < -0.4 is 5.69 Å². The van der Waals surface area contributed by atoms with Crippen LogP contribution in [0.3, 0.4) is 0 Å².